The lowest BCUT2D eigenvalue weighted by molar-refractivity contribution is -0.543. The van der Waals surface area contributed by atoms with Gasteiger partial charge in [-0.15, -0.1) is 0 Å². The predicted octanol–water partition coefficient (Wildman–Crippen LogP) is -0.393. The van der Waals surface area contributed by atoms with Crippen molar-refractivity contribution in [3.8, 4) is 0 Å². The van der Waals surface area contributed by atoms with E-state index in [4.69, 9.17) is 5.41 Å². The minimum Gasteiger partial charge on any atom is -0.308 e. The second-order valence-electron chi connectivity index (χ2n) is 2.19. The second kappa shape index (κ2) is 3.21. The summed E-state index contributed by atoms with van der Waals surface area (Å²) in [6.07, 6.45) is 2.92. The zero-order valence-corrected chi connectivity index (χ0v) is 6.63. The Labute approximate surface area is 65.2 Å². The van der Waals surface area contributed by atoms with Crippen LogP contribution in [0, 0.1) is 12.3 Å². The van der Waals surface area contributed by atoms with Crippen molar-refractivity contribution in [3.05, 3.63) is 17.6 Å². The van der Waals surface area contributed by atoms with E-state index in [1.807, 2.05) is 19.3 Å². The summed E-state index contributed by atoms with van der Waals surface area (Å²) in [6.45, 7) is 1.83. The highest BCUT2D eigenvalue weighted by Crippen LogP contribution is 2.00. The second-order valence-corrected chi connectivity index (χ2v) is 2.19. The molecule has 1 rings (SSSR count). The van der Waals surface area contributed by atoms with Crippen LogP contribution in [0.3, 0.4) is 0 Å². The number of nitrogens with one attached hydrogen (secondary N) is 1. The number of nitrogens with two attached hydrogens (primary N) is 1. The van der Waals surface area contributed by atoms with Gasteiger partial charge in [0.15, 0.2) is 0 Å². The molecular weight excluding hydrogens is 140 g/mol. The Kier molecular flexibility index (Phi) is 2.28. The summed E-state index contributed by atoms with van der Waals surface area (Å²) in [6, 6.07) is 0. The number of hydrogen-bond donors (Lipinski definition) is 2. The molecule has 4 nitrogen and oxygen atoms in total. The fraction of sp³-hybridized carbons (Fsp3) is 0.286. The molecule has 0 fully saturated rings. The lowest BCUT2D eigenvalue weighted by atomic mass is 10.3. The van der Waals surface area contributed by atoms with Crippen molar-refractivity contribution in [2.24, 2.45) is 0 Å². The molecule has 0 aliphatic heterocycles. The fourth-order valence-corrected chi connectivity index (χ4v) is 0.839. The van der Waals surface area contributed by atoms with Gasteiger partial charge in [0.1, 0.15) is 5.82 Å². The third-order valence-electron chi connectivity index (χ3n) is 1.40. The summed E-state index contributed by atoms with van der Waals surface area (Å²) in [5, 5.41) is 8.90. The molecule has 0 bridgehead atoms. The van der Waals surface area contributed by atoms with Crippen molar-refractivity contribution < 1.29 is 5.32 Å². The SMILES string of the molecule is C[NH2+]c1nc(C)ncc1C=N. The summed E-state index contributed by atoms with van der Waals surface area (Å²) in [7, 11) is 1.90. The molecule has 58 valence electrons. The molecule has 1 heterocycles. The van der Waals surface area contributed by atoms with Crippen LogP contribution in [0.2, 0.25) is 0 Å². The average molecular weight is 151 g/mol. The fourth-order valence-electron chi connectivity index (χ4n) is 0.839. The number of aromatic nitrogens is 2. The first-order valence-corrected chi connectivity index (χ1v) is 3.41. The standard InChI is InChI=1S/C7H10N4/c1-5-10-4-6(3-8)7(9-2)11-5/h3-4,8H,1-2H3,(H,9,10,11)/p+1. The molecule has 0 amide bonds. The third-order valence-corrected chi connectivity index (χ3v) is 1.40. The first kappa shape index (κ1) is 7.81. The van der Waals surface area contributed by atoms with Crippen molar-refractivity contribution in [2.45, 2.75) is 6.92 Å². The van der Waals surface area contributed by atoms with E-state index in [9.17, 15) is 0 Å². The van der Waals surface area contributed by atoms with E-state index in [2.05, 4.69) is 9.97 Å². The Hall–Kier alpha value is -1.29. The Morgan fingerprint density at radius 1 is 1.64 bits per heavy atom. The molecule has 11 heavy (non-hydrogen) atoms. The van der Waals surface area contributed by atoms with Crippen LogP contribution < -0.4 is 5.32 Å². The largest absolute Gasteiger partial charge is 0.308 e. The van der Waals surface area contributed by atoms with Crippen LogP contribution in [-0.4, -0.2) is 23.2 Å². The number of aryl methyl sites for hydroxylation is 1. The van der Waals surface area contributed by atoms with Gasteiger partial charge in [0.25, 0.3) is 0 Å². The third kappa shape index (κ3) is 1.59. The predicted molar refractivity (Wildman–Crippen MR) is 42.2 cm³/mol. The lowest BCUT2D eigenvalue weighted by Gasteiger charge is -1.97. The summed E-state index contributed by atoms with van der Waals surface area (Å²) in [5.74, 6) is 1.57. The van der Waals surface area contributed by atoms with Crippen molar-refractivity contribution >= 4 is 12.0 Å². The van der Waals surface area contributed by atoms with Crippen LogP contribution in [-0.2, 0) is 0 Å². The Bertz CT molecular complexity index is 269. The van der Waals surface area contributed by atoms with Crippen molar-refractivity contribution in [2.75, 3.05) is 7.05 Å². The van der Waals surface area contributed by atoms with E-state index < -0.39 is 0 Å². The quantitative estimate of drug-likeness (QED) is 0.565. The topological polar surface area (TPSA) is 66.2 Å². The van der Waals surface area contributed by atoms with Crippen LogP contribution in [0.15, 0.2) is 6.20 Å². The van der Waals surface area contributed by atoms with E-state index in [-0.39, 0.29) is 0 Å². The van der Waals surface area contributed by atoms with Crippen LogP contribution in [0.5, 0.6) is 0 Å². The van der Waals surface area contributed by atoms with Gasteiger partial charge >= 0.3 is 0 Å². The maximum Gasteiger partial charge on any atom is 0.236 e. The van der Waals surface area contributed by atoms with Crippen LogP contribution in [0.1, 0.15) is 11.4 Å². The number of rotatable bonds is 2. The van der Waals surface area contributed by atoms with Gasteiger partial charge in [0.2, 0.25) is 5.82 Å². The summed E-state index contributed by atoms with van der Waals surface area (Å²) < 4.78 is 0. The van der Waals surface area contributed by atoms with Gasteiger partial charge in [0, 0.05) is 12.4 Å². The van der Waals surface area contributed by atoms with E-state index in [0.29, 0.717) is 0 Å². The molecule has 0 unspecified atom stereocenters. The molecule has 1 aromatic rings. The van der Waals surface area contributed by atoms with Crippen molar-refractivity contribution in [3.63, 3.8) is 0 Å². The monoisotopic (exact) mass is 151 g/mol. The van der Waals surface area contributed by atoms with Crippen molar-refractivity contribution in [1.82, 2.24) is 9.97 Å². The summed E-state index contributed by atoms with van der Waals surface area (Å²) in [5.41, 5.74) is 0.762. The van der Waals surface area contributed by atoms with Crippen LogP contribution >= 0.6 is 0 Å². The molecule has 0 radical (unpaired) electrons. The first-order chi connectivity index (χ1) is 5.27. The summed E-state index contributed by atoms with van der Waals surface area (Å²) in [4.78, 5) is 8.12. The molecule has 0 saturated heterocycles. The van der Waals surface area contributed by atoms with Gasteiger partial charge in [-0.3, -0.25) is 5.32 Å². The molecule has 0 aromatic carbocycles. The van der Waals surface area contributed by atoms with Crippen LogP contribution in [0.4, 0.5) is 5.82 Å². The highest BCUT2D eigenvalue weighted by molar-refractivity contribution is 5.80. The smallest absolute Gasteiger partial charge is 0.236 e. The minimum absolute atomic E-state index is 0.740. The van der Waals surface area contributed by atoms with E-state index in [0.717, 1.165) is 17.2 Å². The Balaban J connectivity index is 3.16. The van der Waals surface area contributed by atoms with Gasteiger partial charge in [-0.1, -0.05) is 0 Å². The minimum atomic E-state index is 0.740. The molecule has 0 spiro atoms. The van der Waals surface area contributed by atoms with Crippen LogP contribution in [0.25, 0.3) is 0 Å². The lowest BCUT2D eigenvalue weighted by Crippen LogP contribution is -2.73. The van der Waals surface area contributed by atoms with Gasteiger partial charge in [-0.25, -0.2) is 4.98 Å². The number of hydrogen-bond acceptors (Lipinski definition) is 3. The molecule has 1 aromatic heterocycles. The van der Waals surface area contributed by atoms with E-state index in [1.165, 1.54) is 6.21 Å². The van der Waals surface area contributed by atoms with Gasteiger partial charge in [0.05, 0.1) is 12.6 Å². The Morgan fingerprint density at radius 2 is 2.36 bits per heavy atom. The van der Waals surface area contributed by atoms with E-state index >= 15 is 0 Å². The highest BCUT2D eigenvalue weighted by Gasteiger charge is 2.03. The molecule has 0 saturated carbocycles. The summed E-state index contributed by atoms with van der Waals surface area (Å²) >= 11 is 0. The highest BCUT2D eigenvalue weighted by atomic mass is 15.0. The van der Waals surface area contributed by atoms with Crippen molar-refractivity contribution in [1.29, 1.82) is 5.41 Å². The number of quaternary nitrogens is 1. The van der Waals surface area contributed by atoms with Gasteiger partial charge in [-0.2, -0.15) is 4.98 Å². The van der Waals surface area contributed by atoms with Gasteiger partial charge < -0.3 is 5.41 Å². The first-order valence-electron chi connectivity index (χ1n) is 3.41. The van der Waals surface area contributed by atoms with E-state index in [1.54, 1.807) is 6.20 Å². The molecule has 0 aliphatic rings. The zero-order chi connectivity index (χ0) is 8.27. The average Bonchev–Trinajstić information content (AvgIpc) is 2.04. The number of nitrogens with zero attached hydrogens (tertiary/aromatic N) is 2. The molecular formula is C7H11N4+. The normalized spacial score (nSPS) is 9.64. The Morgan fingerprint density at radius 3 is 2.91 bits per heavy atom. The maximum absolute atomic E-state index is 7.03. The zero-order valence-electron chi connectivity index (χ0n) is 6.63. The molecule has 0 atom stereocenters. The molecule has 0 aliphatic carbocycles. The molecule has 3 N–H and O–H groups in total. The van der Waals surface area contributed by atoms with Gasteiger partial charge in [-0.05, 0) is 6.92 Å². The maximum atomic E-state index is 7.03. The molecule has 4 heteroatoms.